The molecule has 140 valence electrons. The van der Waals surface area contributed by atoms with Crippen LogP contribution in [0.25, 0.3) is 0 Å². The maximum atomic E-state index is 13.6. The summed E-state index contributed by atoms with van der Waals surface area (Å²) in [4.78, 5) is 32.2. The Morgan fingerprint density at radius 3 is 2.63 bits per heavy atom. The van der Waals surface area contributed by atoms with Crippen LogP contribution in [0.4, 0.5) is 4.39 Å². The summed E-state index contributed by atoms with van der Waals surface area (Å²) in [6, 6.07) is 9.96. The number of aromatic nitrogens is 1. The molecule has 2 fully saturated rings. The van der Waals surface area contributed by atoms with E-state index in [0.717, 1.165) is 5.56 Å². The highest BCUT2D eigenvalue weighted by molar-refractivity contribution is 5.89. The summed E-state index contributed by atoms with van der Waals surface area (Å²) in [5.41, 5.74) is 0.994. The van der Waals surface area contributed by atoms with Gasteiger partial charge in [0.2, 0.25) is 11.8 Å². The molecule has 1 aromatic carbocycles. The molecule has 0 spiro atoms. The van der Waals surface area contributed by atoms with Crippen molar-refractivity contribution in [2.75, 3.05) is 19.6 Å². The summed E-state index contributed by atoms with van der Waals surface area (Å²) < 4.78 is 19.2. The highest BCUT2D eigenvalue weighted by Gasteiger charge is 2.41. The van der Waals surface area contributed by atoms with Crippen molar-refractivity contribution >= 4 is 11.8 Å². The fraction of sp³-hybridized carbons (Fsp3) is 0.350. The lowest BCUT2D eigenvalue weighted by molar-refractivity contribution is -0.144. The number of likely N-dealkylation sites (tertiary alicyclic amines) is 2. The van der Waals surface area contributed by atoms with Crippen LogP contribution in [-0.2, 0) is 16.1 Å². The number of nitrogens with zero attached hydrogens (tertiary/aromatic N) is 3. The van der Waals surface area contributed by atoms with Gasteiger partial charge in [-0.3, -0.25) is 14.6 Å². The number of rotatable bonds is 5. The molecule has 0 bridgehead atoms. The van der Waals surface area contributed by atoms with Crippen molar-refractivity contribution in [3.8, 4) is 5.75 Å². The van der Waals surface area contributed by atoms with E-state index in [1.54, 1.807) is 40.4 Å². The topological polar surface area (TPSA) is 62.7 Å². The van der Waals surface area contributed by atoms with Crippen LogP contribution in [0.15, 0.2) is 48.8 Å². The molecule has 2 aliphatic rings. The van der Waals surface area contributed by atoms with Gasteiger partial charge in [-0.1, -0.05) is 12.1 Å². The number of halogens is 1. The van der Waals surface area contributed by atoms with Crippen molar-refractivity contribution in [2.45, 2.75) is 19.1 Å². The molecule has 27 heavy (non-hydrogen) atoms. The van der Waals surface area contributed by atoms with E-state index >= 15 is 0 Å². The zero-order chi connectivity index (χ0) is 18.8. The van der Waals surface area contributed by atoms with Crippen molar-refractivity contribution in [2.24, 2.45) is 5.92 Å². The first kappa shape index (κ1) is 17.5. The van der Waals surface area contributed by atoms with Crippen molar-refractivity contribution in [1.29, 1.82) is 0 Å². The third kappa shape index (κ3) is 3.77. The van der Waals surface area contributed by atoms with Gasteiger partial charge in [0.15, 0.2) is 11.6 Å². The summed E-state index contributed by atoms with van der Waals surface area (Å²) in [5.74, 6) is -0.572. The van der Waals surface area contributed by atoms with E-state index < -0.39 is 5.82 Å². The summed E-state index contributed by atoms with van der Waals surface area (Å²) in [6.07, 6.45) is 3.40. The Hall–Kier alpha value is -2.96. The molecule has 2 amide bonds. The van der Waals surface area contributed by atoms with Crippen molar-refractivity contribution < 1.29 is 18.7 Å². The second-order valence-corrected chi connectivity index (χ2v) is 6.94. The van der Waals surface area contributed by atoms with Gasteiger partial charge >= 0.3 is 0 Å². The van der Waals surface area contributed by atoms with Crippen molar-refractivity contribution in [1.82, 2.24) is 14.8 Å². The molecule has 0 aliphatic carbocycles. The van der Waals surface area contributed by atoms with Crippen molar-refractivity contribution in [3.63, 3.8) is 0 Å². The minimum Gasteiger partial charge on any atom is -0.484 e. The van der Waals surface area contributed by atoms with Crippen LogP contribution in [0, 0.1) is 11.7 Å². The predicted octanol–water partition coefficient (Wildman–Crippen LogP) is 1.86. The zero-order valence-corrected chi connectivity index (χ0v) is 14.8. The number of ether oxygens (including phenoxy) is 1. The van der Waals surface area contributed by atoms with Gasteiger partial charge in [0, 0.05) is 31.9 Å². The molecule has 0 N–H and O–H groups in total. The van der Waals surface area contributed by atoms with E-state index in [2.05, 4.69) is 4.98 Å². The number of pyridine rings is 1. The first-order valence-electron chi connectivity index (χ1n) is 8.97. The second kappa shape index (κ2) is 7.34. The third-order valence-corrected chi connectivity index (χ3v) is 4.98. The van der Waals surface area contributed by atoms with Crippen LogP contribution in [0.3, 0.4) is 0 Å². The third-order valence-electron chi connectivity index (χ3n) is 4.98. The Balaban J connectivity index is 1.28. The van der Waals surface area contributed by atoms with Crippen LogP contribution in [0.5, 0.6) is 5.75 Å². The van der Waals surface area contributed by atoms with Gasteiger partial charge in [-0.05, 0) is 29.8 Å². The number of para-hydroxylation sites is 1. The second-order valence-electron chi connectivity index (χ2n) is 6.94. The molecule has 1 atom stereocenters. The van der Waals surface area contributed by atoms with E-state index in [1.165, 1.54) is 6.07 Å². The van der Waals surface area contributed by atoms with Crippen LogP contribution in [-0.4, -0.2) is 52.3 Å². The number of hydrogen-bond acceptors (Lipinski definition) is 4. The summed E-state index contributed by atoms with van der Waals surface area (Å²) >= 11 is 0. The van der Waals surface area contributed by atoms with E-state index in [1.807, 2.05) is 12.1 Å². The summed E-state index contributed by atoms with van der Waals surface area (Å²) in [5, 5.41) is 0. The summed E-state index contributed by atoms with van der Waals surface area (Å²) in [7, 11) is 0. The minimum absolute atomic E-state index is 0.00941. The zero-order valence-electron chi connectivity index (χ0n) is 14.8. The van der Waals surface area contributed by atoms with E-state index in [-0.39, 0.29) is 36.0 Å². The maximum absolute atomic E-state index is 13.6. The smallest absolute Gasteiger partial charge is 0.228 e. The largest absolute Gasteiger partial charge is 0.484 e. The van der Waals surface area contributed by atoms with Gasteiger partial charge in [0.25, 0.3) is 0 Å². The van der Waals surface area contributed by atoms with Gasteiger partial charge in [-0.2, -0.15) is 0 Å². The van der Waals surface area contributed by atoms with Crippen LogP contribution in [0.1, 0.15) is 12.0 Å². The number of amides is 2. The van der Waals surface area contributed by atoms with Crippen LogP contribution < -0.4 is 4.74 Å². The highest BCUT2D eigenvalue weighted by atomic mass is 19.1. The molecular weight excluding hydrogens is 349 g/mol. The first-order valence-corrected chi connectivity index (χ1v) is 8.97. The molecule has 6 nitrogen and oxygen atoms in total. The van der Waals surface area contributed by atoms with E-state index in [9.17, 15) is 14.0 Å². The molecule has 0 saturated carbocycles. The fourth-order valence-electron chi connectivity index (χ4n) is 3.47. The van der Waals surface area contributed by atoms with Gasteiger partial charge in [0.05, 0.1) is 19.0 Å². The van der Waals surface area contributed by atoms with E-state index in [4.69, 9.17) is 4.74 Å². The molecule has 1 aromatic heterocycles. The molecule has 2 aliphatic heterocycles. The molecule has 0 unspecified atom stereocenters. The monoisotopic (exact) mass is 369 g/mol. The lowest BCUT2D eigenvalue weighted by atomic mass is 10.0. The van der Waals surface area contributed by atoms with Crippen molar-refractivity contribution in [3.05, 3.63) is 60.2 Å². The summed E-state index contributed by atoms with van der Waals surface area (Å²) in [6.45, 7) is 1.75. The number of benzene rings is 1. The SMILES string of the molecule is O=C1C[C@@H](C(=O)N2CC(Oc3ccccc3F)C2)CN1Cc1ccncc1. The van der Waals surface area contributed by atoms with Gasteiger partial charge in [0.1, 0.15) is 6.10 Å². The average Bonchev–Trinajstić information content (AvgIpc) is 3.00. The first-order chi connectivity index (χ1) is 13.1. The van der Waals surface area contributed by atoms with Crippen LogP contribution >= 0.6 is 0 Å². The lowest BCUT2D eigenvalue weighted by Gasteiger charge is -2.40. The Kier molecular flexibility index (Phi) is 4.75. The Bertz CT molecular complexity index is 839. The highest BCUT2D eigenvalue weighted by Crippen LogP contribution is 2.26. The van der Waals surface area contributed by atoms with Gasteiger partial charge in [-0.15, -0.1) is 0 Å². The van der Waals surface area contributed by atoms with E-state index in [0.29, 0.717) is 26.2 Å². The number of carbonyl (C=O) groups excluding carboxylic acids is 2. The molecular formula is C20H20FN3O3. The Morgan fingerprint density at radius 2 is 1.89 bits per heavy atom. The molecule has 4 rings (SSSR count). The molecule has 2 saturated heterocycles. The average molecular weight is 369 g/mol. The molecule has 7 heteroatoms. The van der Waals surface area contributed by atoms with Crippen LogP contribution in [0.2, 0.25) is 0 Å². The standard InChI is InChI=1S/C20H20FN3O3/c21-17-3-1-2-4-18(17)27-16-12-24(13-16)20(26)15-9-19(25)23(11-15)10-14-5-7-22-8-6-14/h1-8,15-16H,9-13H2/t15-/m1/s1. The number of hydrogen-bond donors (Lipinski definition) is 0. The fourth-order valence-corrected chi connectivity index (χ4v) is 3.47. The normalized spacial score (nSPS) is 19.9. The molecule has 0 radical (unpaired) electrons. The van der Waals surface area contributed by atoms with Gasteiger partial charge < -0.3 is 14.5 Å². The quantitative estimate of drug-likeness (QED) is 0.807. The predicted molar refractivity (Wildman–Crippen MR) is 95.2 cm³/mol. The lowest BCUT2D eigenvalue weighted by Crippen LogP contribution is -2.57. The molecule has 2 aromatic rings. The number of carbonyl (C=O) groups is 2. The maximum Gasteiger partial charge on any atom is 0.228 e. The molecule has 3 heterocycles. The van der Waals surface area contributed by atoms with Gasteiger partial charge in [-0.25, -0.2) is 4.39 Å². The Labute approximate surface area is 156 Å². The Morgan fingerprint density at radius 1 is 1.15 bits per heavy atom. The minimum atomic E-state index is -0.407.